The Morgan fingerprint density at radius 2 is 1.37 bits per heavy atom. The van der Waals surface area contributed by atoms with E-state index >= 15 is 0 Å². The highest BCUT2D eigenvalue weighted by atomic mass is 35.5. The molecule has 0 aliphatic carbocycles. The van der Waals surface area contributed by atoms with Crippen LogP contribution in [0.4, 0.5) is 0 Å². The summed E-state index contributed by atoms with van der Waals surface area (Å²) in [5, 5.41) is 0.0795. The number of hydrogen-bond acceptors (Lipinski definition) is 6. The van der Waals surface area contributed by atoms with Gasteiger partial charge in [0.15, 0.2) is 12.0 Å². The average Bonchev–Trinajstić information content (AvgIpc) is 3.14. The van der Waals surface area contributed by atoms with Crippen LogP contribution in [0.15, 0.2) is 62.7 Å². The molecule has 0 aliphatic rings. The lowest BCUT2D eigenvalue weighted by atomic mass is 10.1. The molecule has 0 aliphatic heterocycles. The van der Waals surface area contributed by atoms with Crippen molar-refractivity contribution in [3.05, 3.63) is 70.4 Å². The second-order valence-electron chi connectivity index (χ2n) is 6.04. The molecule has 30 heavy (non-hydrogen) atoms. The third-order valence-corrected chi connectivity index (χ3v) is 6.07. The van der Waals surface area contributed by atoms with Gasteiger partial charge in [-0.05, 0) is 41.5 Å². The number of hydrogen-bond donors (Lipinski definition) is 2. The van der Waals surface area contributed by atoms with Gasteiger partial charge in [-0.2, -0.15) is 16.8 Å². The summed E-state index contributed by atoms with van der Waals surface area (Å²) in [6.45, 7) is 0. The summed E-state index contributed by atoms with van der Waals surface area (Å²) in [4.78, 5) is 9.83. The Morgan fingerprint density at radius 3 is 1.90 bits per heavy atom. The summed E-state index contributed by atoms with van der Waals surface area (Å²) < 4.78 is 71.1. The summed E-state index contributed by atoms with van der Waals surface area (Å²) in [6, 6.07) is 10.6. The van der Waals surface area contributed by atoms with Crippen molar-refractivity contribution in [2.24, 2.45) is 0 Å². The van der Waals surface area contributed by atoms with Gasteiger partial charge < -0.3 is 4.42 Å². The molecule has 3 rings (SSSR count). The number of furan rings is 1. The maximum atomic E-state index is 11.9. The van der Waals surface area contributed by atoms with E-state index in [1.807, 2.05) is 0 Å². The highest BCUT2D eigenvalue weighted by Gasteiger charge is 2.18. The van der Waals surface area contributed by atoms with E-state index in [4.69, 9.17) is 16.0 Å². The Labute approximate surface area is 176 Å². The van der Waals surface area contributed by atoms with Crippen molar-refractivity contribution < 1.29 is 35.2 Å². The van der Waals surface area contributed by atoms with Gasteiger partial charge in [0.2, 0.25) is 0 Å². The van der Waals surface area contributed by atoms with Gasteiger partial charge in [0.05, 0.1) is 0 Å². The van der Waals surface area contributed by atoms with Gasteiger partial charge in [-0.15, -0.1) is 0 Å². The largest absolute Gasteiger partial charge is 0.453 e. The maximum Gasteiger partial charge on any atom is 0.295 e. The summed E-state index contributed by atoms with van der Waals surface area (Å²) in [6.07, 6.45) is 2.99. The van der Waals surface area contributed by atoms with Crippen LogP contribution in [0.3, 0.4) is 0 Å². The fraction of sp³-hybridized carbons (Fsp3) is 0. The van der Waals surface area contributed by atoms with Crippen molar-refractivity contribution in [2.75, 3.05) is 0 Å². The number of benzene rings is 2. The standard InChI is InChI=1S/C19H13ClO8S2/c20-15-6-5-13(19(10-15)30(25,26)27)2-1-12-3-4-14(9-18(12)29(22,23)24)17-8-7-16(11-21)28-17/h1-11H,(H,22,23,24)(H,25,26,27). The van der Waals surface area contributed by atoms with E-state index in [9.17, 15) is 30.7 Å². The van der Waals surface area contributed by atoms with Crippen molar-refractivity contribution in [1.29, 1.82) is 0 Å². The molecule has 11 heteroatoms. The lowest BCUT2D eigenvalue weighted by Gasteiger charge is -2.07. The van der Waals surface area contributed by atoms with Gasteiger partial charge >= 0.3 is 0 Å². The molecule has 0 radical (unpaired) electrons. The summed E-state index contributed by atoms with van der Waals surface area (Å²) in [7, 11) is -9.25. The van der Waals surface area contributed by atoms with Crippen molar-refractivity contribution in [2.45, 2.75) is 9.79 Å². The molecule has 1 aromatic heterocycles. The number of carbonyl (C=O) groups excluding carboxylic acids is 1. The quantitative estimate of drug-likeness (QED) is 0.313. The van der Waals surface area contributed by atoms with Gasteiger partial charge in [-0.25, -0.2) is 0 Å². The van der Waals surface area contributed by atoms with Crippen LogP contribution >= 0.6 is 11.6 Å². The fourth-order valence-electron chi connectivity index (χ4n) is 2.67. The molecule has 0 saturated heterocycles. The van der Waals surface area contributed by atoms with Gasteiger partial charge in [0.25, 0.3) is 20.2 Å². The van der Waals surface area contributed by atoms with Crippen LogP contribution in [0.1, 0.15) is 21.7 Å². The molecule has 0 unspecified atom stereocenters. The van der Waals surface area contributed by atoms with Crippen LogP contribution in [0, 0.1) is 0 Å². The average molecular weight is 469 g/mol. The molecular formula is C19H13ClO8S2. The zero-order valence-corrected chi connectivity index (χ0v) is 17.3. The number of aldehydes is 1. The lowest BCUT2D eigenvalue weighted by molar-refractivity contribution is 0.110. The summed E-state index contributed by atoms with van der Waals surface area (Å²) in [5.74, 6) is 0.256. The van der Waals surface area contributed by atoms with E-state index in [-0.39, 0.29) is 33.2 Å². The Morgan fingerprint density at radius 1 is 0.800 bits per heavy atom. The second kappa shape index (κ2) is 8.17. The molecule has 3 aromatic rings. The highest BCUT2D eigenvalue weighted by molar-refractivity contribution is 7.86. The molecule has 0 amide bonds. The number of halogens is 1. The van der Waals surface area contributed by atoms with Crippen molar-refractivity contribution in [1.82, 2.24) is 0 Å². The van der Waals surface area contributed by atoms with Crippen molar-refractivity contribution >= 4 is 50.3 Å². The smallest absolute Gasteiger partial charge is 0.295 e. The normalized spacial score (nSPS) is 12.4. The van der Waals surface area contributed by atoms with Crippen LogP contribution in [-0.2, 0) is 20.2 Å². The predicted octanol–water partition coefficient (Wildman–Crippen LogP) is 4.08. The SMILES string of the molecule is O=Cc1ccc(-c2ccc(C=Cc3ccc(Cl)cc3S(=O)(=O)O)c(S(=O)(=O)O)c2)o1. The molecule has 8 nitrogen and oxygen atoms in total. The van der Waals surface area contributed by atoms with Crippen LogP contribution in [0.25, 0.3) is 23.5 Å². The molecule has 0 atom stereocenters. The minimum Gasteiger partial charge on any atom is -0.453 e. The Hall–Kier alpha value is -2.76. The summed E-state index contributed by atoms with van der Waals surface area (Å²) >= 11 is 5.77. The zero-order valence-electron chi connectivity index (χ0n) is 14.9. The van der Waals surface area contributed by atoms with Crippen molar-refractivity contribution in [3.63, 3.8) is 0 Å². The molecular weight excluding hydrogens is 456 g/mol. The van der Waals surface area contributed by atoms with Gasteiger partial charge in [-0.1, -0.05) is 42.0 Å². The molecule has 2 aromatic carbocycles. The second-order valence-corrected chi connectivity index (χ2v) is 9.25. The van der Waals surface area contributed by atoms with Crippen LogP contribution in [0.5, 0.6) is 0 Å². The first-order chi connectivity index (χ1) is 14.0. The van der Waals surface area contributed by atoms with E-state index in [2.05, 4.69) is 0 Å². The number of carbonyl (C=O) groups is 1. The third kappa shape index (κ3) is 4.86. The molecule has 0 spiro atoms. The van der Waals surface area contributed by atoms with Gasteiger partial charge in [0, 0.05) is 10.6 Å². The molecule has 0 fully saturated rings. The Kier molecular flexibility index (Phi) is 5.97. The highest BCUT2D eigenvalue weighted by Crippen LogP contribution is 2.29. The molecule has 0 bridgehead atoms. The first-order valence-corrected chi connectivity index (χ1v) is 11.4. The third-order valence-electron chi connectivity index (χ3n) is 4.01. The summed E-state index contributed by atoms with van der Waals surface area (Å²) in [5.41, 5.74) is 0.381. The molecule has 2 N–H and O–H groups in total. The molecule has 156 valence electrons. The minimum absolute atomic E-state index is 0.0413. The van der Waals surface area contributed by atoms with E-state index in [1.54, 1.807) is 0 Å². The van der Waals surface area contributed by atoms with Crippen molar-refractivity contribution in [3.8, 4) is 11.3 Å². The minimum atomic E-state index is -4.66. The lowest BCUT2D eigenvalue weighted by Crippen LogP contribution is -2.02. The van der Waals surface area contributed by atoms with Crippen LogP contribution in [0.2, 0.25) is 5.02 Å². The van der Waals surface area contributed by atoms with E-state index in [1.165, 1.54) is 48.6 Å². The topological polar surface area (TPSA) is 139 Å². The van der Waals surface area contributed by atoms with E-state index in [0.29, 0.717) is 6.29 Å². The Balaban J connectivity index is 2.10. The zero-order chi connectivity index (χ0) is 22.1. The Bertz CT molecular complexity index is 1370. The number of rotatable bonds is 6. The first-order valence-electron chi connectivity index (χ1n) is 8.11. The van der Waals surface area contributed by atoms with Gasteiger partial charge in [-0.3, -0.25) is 13.9 Å². The fourth-order valence-corrected chi connectivity index (χ4v) is 4.33. The van der Waals surface area contributed by atoms with E-state index < -0.39 is 30.0 Å². The first kappa shape index (κ1) is 21.9. The molecule has 0 saturated carbocycles. The monoisotopic (exact) mass is 468 g/mol. The van der Waals surface area contributed by atoms with E-state index in [0.717, 1.165) is 12.1 Å². The predicted molar refractivity (Wildman–Crippen MR) is 110 cm³/mol. The van der Waals surface area contributed by atoms with Crippen LogP contribution < -0.4 is 0 Å². The van der Waals surface area contributed by atoms with Crippen LogP contribution in [-0.4, -0.2) is 32.2 Å². The van der Waals surface area contributed by atoms with Gasteiger partial charge in [0.1, 0.15) is 15.6 Å². The maximum absolute atomic E-state index is 11.9. The molecule has 1 heterocycles.